The highest BCUT2D eigenvalue weighted by molar-refractivity contribution is 7.09. The molecule has 2 aromatic heterocycles. The molecule has 0 bridgehead atoms. The maximum atomic E-state index is 12.9. The summed E-state index contributed by atoms with van der Waals surface area (Å²) >= 11 is 1.70. The molecule has 1 unspecified atom stereocenters. The summed E-state index contributed by atoms with van der Waals surface area (Å²) in [4.78, 5) is 7.11. The number of benzene rings is 1. The number of alkyl halides is 3. The standard InChI is InChI=1S/C26H31F3N6OS/c1-3-36-22-6-4-5-19-14-30-24(31-15-20(19)22)21-16-37-25(32-21)18-7-9-34(10-8-18)11-12-35-17(2)13-23(33-35)26(27,28)29/h4-6,11-13,16,18,24,30-31H,3,7-10,14-15H2,1-2H3. The van der Waals surface area contributed by atoms with Crippen molar-refractivity contribution in [1.29, 1.82) is 0 Å². The van der Waals surface area contributed by atoms with Gasteiger partial charge in [-0.1, -0.05) is 12.1 Å². The molecule has 2 N–H and O–H groups in total. The van der Waals surface area contributed by atoms with E-state index in [4.69, 9.17) is 9.72 Å². The van der Waals surface area contributed by atoms with Gasteiger partial charge in [0.2, 0.25) is 0 Å². The maximum Gasteiger partial charge on any atom is 0.435 e. The molecule has 1 aromatic carbocycles. The summed E-state index contributed by atoms with van der Waals surface area (Å²) in [6.07, 6.45) is 0.846. The first-order valence-corrected chi connectivity index (χ1v) is 13.4. The number of hydrogen-bond acceptors (Lipinski definition) is 7. The lowest BCUT2D eigenvalue weighted by Crippen LogP contribution is -2.31. The van der Waals surface area contributed by atoms with Gasteiger partial charge in [-0.15, -0.1) is 11.3 Å². The van der Waals surface area contributed by atoms with Gasteiger partial charge in [0, 0.05) is 61.1 Å². The molecule has 11 heteroatoms. The molecule has 0 saturated carbocycles. The fraction of sp³-hybridized carbons (Fsp3) is 0.462. The molecule has 1 fully saturated rings. The van der Waals surface area contributed by atoms with E-state index in [9.17, 15) is 13.2 Å². The van der Waals surface area contributed by atoms with E-state index in [1.54, 1.807) is 24.5 Å². The third kappa shape index (κ3) is 5.83. The van der Waals surface area contributed by atoms with Gasteiger partial charge in [0.25, 0.3) is 0 Å². The van der Waals surface area contributed by atoms with Crippen LogP contribution in [0.4, 0.5) is 13.2 Å². The molecule has 1 saturated heterocycles. The number of nitrogens with one attached hydrogen (secondary N) is 2. The van der Waals surface area contributed by atoms with Gasteiger partial charge >= 0.3 is 6.18 Å². The fourth-order valence-corrected chi connectivity index (χ4v) is 5.83. The van der Waals surface area contributed by atoms with Gasteiger partial charge in [0.15, 0.2) is 5.69 Å². The molecule has 2 aliphatic rings. The van der Waals surface area contributed by atoms with Crippen LogP contribution in [0.3, 0.4) is 0 Å². The van der Waals surface area contributed by atoms with Crippen LogP contribution in [0.5, 0.6) is 5.75 Å². The Labute approximate surface area is 218 Å². The SMILES string of the molecule is CCOc1cccc2c1CNC(c1csc(C3CCN(C=Cn4nc(C(F)(F)F)cc4C)CC3)n1)NC2. The van der Waals surface area contributed by atoms with Crippen molar-refractivity contribution in [2.45, 2.75) is 58.0 Å². The van der Waals surface area contributed by atoms with Crippen molar-refractivity contribution in [3.63, 3.8) is 0 Å². The quantitative estimate of drug-likeness (QED) is 0.451. The molecule has 4 heterocycles. The largest absolute Gasteiger partial charge is 0.494 e. The van der Waals surface area contributed by atoms with E-state index in [-0.39, 0.29) is 6.17 Å². The summed E-state index contributed by atoms with van der Waals surface area (Å²) in [6.45, 7) is 7.34. The van der Waals surface area contributed by atoms with E-state index in [2.05, 4.69) is 32.1 Å². The van der Waals surface area contributed by atoms with Gasteiger partial charge < -0.3 is 9.64 Å². The Kier molecular flexibility index (Phi) is 7.55. The number of fused-ring (bicyclic) bond motifs is 1. The molecular weight excluding hydrogens is 501 g/mol. The summed E-state index contributed by atoms with van der Waals surface area (Å²) in [7, 11) is 0. The average molecular weight is 533 g/mol. The number of hydrogen-bond donors (Lipinski definition) is 2. The molecule has 0 aliphatic carbocycles. The summed E-state index contributed by atoms with van der Waals surface area (Å²) < 4.78 is 45.8. The van der Waals surface area contributed by atoms with Crippen molar-refractivity contribution in [2.24, 2.45) is 0 Å². The minimum Gasteiger partial charge on any atom is -0.494 e. The monoisotopic (exact) mass is 532 g/mol. The second-order valence-corrected chi connectivity index (χ2v) is 10.2. The predicted octanol–water partition coefficient (Wildman–Crippen LogP) is 5.26. The predicted molar refractivity (Wildman–Crippen MR) is 137 cm³/mol. The number of aromatic nitrogens is 3. The van der Waals surface area contributed by atoms with Crippen LogP contribution in [-0.4, -0.2) is 39.4 Å². The van der Waals surface area contributed by atoms with Crippen LogP contribution in [0, 0.1) is 6.92 Å². The minimum atomic E-state index is -4.44. The number of piperidine rings is 1. The third-order valence-corrected chi connectivity index (χ3v) is 7.88. The van der Waals surface area contributed by atoms with Crippen LogP contribution < -0.4 is 15.4 Å². The molecule has 7 nitrogen and oxygen atoms in total. The topological polar surface area (TPSA) is 67.2 Å². The minimum absolute atomic E-state index is 0.0335. The molecule has 0 radical (unpaired) electrons. The zero-order chi connectivity index (χ0) is 26.0. The molecule has 0 amide bonds. The second kappa shape index (κ2) is 10.8. The van der Waals surface area contributed by atoms with Crippen molar-refractivity contribution in [3.8, 4) is 5.75 Å². The van der Waals surface area contributed by atoms with Crippen molar-refractivity contribution >= 4 is 17.5 Å². The van der Waals surface area contributed by atoms with Crippen LogP contribution in [0.15, 0.2) is 35.8 Å². The number of aryl methyl sites for hydroxylation is 1. The summed E-state index contributed by atoms with van der Waals surface area (Å²) in [5, 5.41) is 14.1. The number of ether oxygens (including phenoxy) is 1. The van der Waals surface area contributed by atoms with Gasteiger partial charge in [0.1, 0.15) is 11.9 Å². The van der Waals surface area contributed by atoms with Gasteiger partial charge in [-0.3, -0.25) is 10.6 Å². The zero-order valence-electron chi connectivity index (χ0n) is 20.9. The molecule has 198 valence electrons. The van der Waals surface area contributed by atoms with Gasteiger partial charge in [-0.25, -0.2) is 9.67 Å². The van der Waals surface area contributed by atoms with E-state index < -0.39 is 11.9 Å². The van der Waals surface area contributed by atoms with Crippen molar-refractivity contribution in [3.05, 3.63) is 69.1 Å². The molecule has 5 rings (SSSR count). The van der Waals surface area contributed by atoms with Gasteiger partial charge in [-0.05, 0) is 44.4 Å². The van der Waals surface area contributed by atoms with E-state index in [1.165, 1.54) is 15.8 Å². The molecular formula is C26H31F3N6OS. The lowest BCUT2D eigenvalue weighted by atomic mass is 9.98. The fourth-order valence-electron chi connectivity index (χ4n) is 4.82. The highest BCUT2D eigenvalue weighted by Crippen LogP contribution is 2.33. The normalized spacial score (nSPS) is 19.3. The van der Waals surface area contributed by atoms with Crippen molar-refractivity contribution in [1.82, 2.24) is 30.3 Å². The molecule has 3 aromatic rings. The third-order valence-electron chi connectivity index (χ3n) is 6.86. The van der Waals surface area contributed by atoms with E-state index in [1.807, 2.05) is 25.3 Å². The average Bonchev–Trinajstić information content (AvgIpc) is 3.45. The van der Waals surface area contributed by atoms with Crippen molar-refractivity contribution in [2.75, 3.05) is 19.7 Å². The first-order chi connectivity index (χ1) is 17.8. The van der Waals surface area contributed by atoms with Crippen LogP contribution in [0.2, 0.25) is 0 Å². The summed E-state index contributed by atoms with van der Waals surface area (Å²) in [5.41, 5.74) is 3.01. The smallest absolute Gasteiger partial charge is 0.435 e. The first-order valence-electron chi connectivity index (χ1n) is 12.5. The molecule has 37 heavy (non-hydrogen) atoms. The number of nitrogens with zero attached hydrogens (tertiary/aromatic N) is 4. The number of likely N-dealkylation sites (tertiary alicyclic amines) is 1. The van der Waals surface area contributed by atoms with E-state index >= 15 is 0 Å². The second-order valence-electron chi connectivity index (χ2n) is 9.35. The Bertz CT molecular complexity index is 1250. The highest BCUT2D eigenvalue weighted by atomic mass is 32.1. The Morgan fingerprint density at radius 3 is 2.68 bits per heavy atom. The highest BCUT2D eigenvalue weighted by Gasteiger charge is 2.34. The molecule has 2 aliphatic heterocycles. The van der Waals surface area contributed by atoms with Gasteiger partial charge in [0.05, 0.1) is 17.3 Å². The number of rotatable bonds is 6. The Balaban J connectivity index is 1.17. The lowest BCUT2D eigenvalue weighted by Gasteiger charge is -2.30. The number of thiazole rings is 1. The Morgan fingerprint density at radius 2 is 1.95 bits per heavy atom. The molecule has 0 spiro atoms. The Morgan fingerprint density at radius 1 is 1.16 bits per heavy atom. The van der Waals surface area contributed by atoms with Crippen LogP contribution >= 0.6 is 11.3 Å². The van der Waals surface area contributed by atoms with Crippen molar-refractivity contribution < 1.29 is 17.9 Å². The summed E-state index contributed by atoms with van der Waals surface area (Å²) in [6, 6.07) is 7.24. The Hall–Kier alpha value is -2.89. The maximum absolute atomic E-state index is 12.9. The van der Waals surface area contributed by atoms with E-state index in [0.717, 1.165) is 55.0 Å². The number of halogens is 3. The molecule has 1 atom stereocenters. The van der Waals surface area contributed by atoms with Crippen LogP contribution in [-0.2, 0) is 19.3 Å². The zero-order valence-corrected chi connectivity index (χ0v) is 21.7. The first kappa shape index (κ1) is 25.7. The lowest BCUT2D eigenvalue weighted by molar-refractivity contribution is -0.141. The van der Waals surface area contributed by atoms with Gasteiger partial charge in [-0.2, -0.15) is 18.3 Å². The van der Waals surface area contributed by atoms with Crippen LogP contribution in [0.25, 0.3) is 6.20 Å². The van der Waals surface area contributed by atoms with E-state index in [0.29, 0.717) is 24.8 Å². The summed E-state index contributed by atoms with van der Waals surface area (Å²) in [5.74, 6) is 1.30. The van der Waals surface area contributed by atoms with Crippen LogP contribution in [0.1, 0.15) is 65.1 Å².